The second kappa shape index (κ2) is 6.61. The van der Waals surface area contributed by atoms with Gasteiger partial charge in [-0.25, -0.2) is 4.79 Å². The summed E-state index contributed by atoms with van der Waals surface area (Å²) in [5.41, 5.74) is 1.00. The van der Waals surface area contributed by atoms with Crippen molar-refractivity contribution >= 4 is 17.6 Å². The Kier molecular flexibility index (Phi) is 4.83. The monoisotopic (exact) mass is 289 g/mol. The van der Waals surface area contributed by atoms with E-state index in [1.165, 1.54) is 0 Å². The quantitative estimate of drug-likeness (QED) is 0.797. The van der Waals surface area contributed by atoms with Gasteiger partial charge in [0.15, 0.2) is 0 Å². The highest BCUT2D eigenvalue weighted by Gasteiger charge is 2.31. The van der Waals surface area contributed by atoms with Gasteiger partial charge in [0.05, 0.1) is 6.54 Å². The molecule has 1 unspecified atom stereocenters. The summed E-state index contributed by atoms with van der Waals surface area (Å²) in [7, 11) is 0. The predicted molar refractivity (Wildman–Crippen MR) is 83.0 cm³/mol. The van der Waals surface area contributed by atoms with Gasteiger partial charge in [0.25, 0.3) is 0 Å². The van der Waals surface area contributed by atoms with Gasteiger partial charge >= 0.3 is 6.03 Å². The van der Waals surface area contributed by atoms with E-state index in [4.69, 9.17) is 0 Å². The molecule has 5 nitrogen and oxygen atoms in total. The van der Waals surface area contributed by atoms with Crippen LogP contribution in [-0.4, -0.2) is 24.5 Å². The molecule has 5 heteroatoms. The number of nitrogens with one attached hydrogen (secondary N) is 3. The van der Waals surface area contributed by atoms with Crippen LogP contribution in [0, 0.1) is 5.41 Å². The Morgan fingerprint density at radius 3 is 2.57 bits per heavy atom. The molecule has 3 N–H and O–H groups in total. The summed E-state index contributed by atoms with van der Waals surface area (Å²) in [5, 5.41) is 8.21. The van der Waals surface area contributed by atoms with Crippen molar-refractivity contribution in [3.63, 3.8) is 0 Å². The zero-order valence-electron chi connectivity index (χ0n) is 12.6. The highest BCUT2D eigenvalue weighted by molar-refractivity contribution is 5.92. The van der Waals surface area contributed by atoms with E-state index in [-0.39, 0.29) is 24.5 Å². The zero-order valence-corrected chi connectivity index (χ0v) is 12.6. The van der Waals surface area contributed by atoms with E-state index < -0.39 is 0 Å². The maximum absolute atomic E-state index is 11.8. The smallest absolute Gasteiger partial charge is 0.319 e. The lowest BCUT2D eigenvalue weighted by atomic mass is 9.92. The van der Waals surface area contributed by atoms with Gasteiger partial charge in [-0.2, -0.15) is 0 Å². The van der Waals surface area contributed by atoms with Gasteiger partial charge in [0.2, 0.25) is 5.91 Å². The highest BCUT2D eigenvalue weighted by atomic mass is 16.2. The first-order valence-electron chi connectivity index (χ1n) is 7.34. The summed E-state index contributed by atoms with van der Waals surface area (Å²) in [6, 6.07) is 8.99. The van der Waals surface area contributed by atoms with Gasteiger partial charge in [0.1, 0.15) is 0 Å². The summed E-state index contributed by atoms with van der Waals surface area (Å²) in [6.07, 6.45) is 3.13. The van der Waals surface area contributed by atoms with Gasteiger partial charge in [-0.05, 0) is 36.8 Å². The number of hydrogen-bond acceptors (Lipinski definition) is 2. The van der Waals surface area contributed by atoms with Crippen molar-refractivity contribution in [1.82, 2.24) is 10.6 Å². The second-order valence-corrected chi connectivity index (χ2v) is 6.35. The fourth-order valence-electron chi connectivity index (χ4n) is 2.70. The fraction of sp³-hybridized carbons (Fsp3) is 0.500. The van der Waals surface area contributed by atoms with Gasteiger partial charge in [-0.15, -0.1) is 0 Å². The number of carbonyl (C=O) groups excluding carboxylic acids is 2. The largest absolute Gasteiger partial charge is 0.352 e. The van der Waals surface area contributed by atoms with Gasteiger partial charge < -0.3 is 16.0 Å². The summed E-state index contributed by atoms with van der Waals surface area (Å²) in [4.78, 5) is 23.5. The number of amides is 3. The first kappa shape index (κ1) is 15.4. The van der Waals surface area contributed by atoms with E-state index in [0.29, 0.717) is 11.1 Å². The molecule has 0 radical (unpaired) electrons. The van der Waals surface area contributed by atoms with Crippen LogP contribution >= 0.6 is 0 Å². The number of hydrogen-bond donors (Lipinski definition) is 3. The molecule has 114 valence electrons. The van der Waals surface area contributed by atoms with E-state index >= 15 is 0 Å². The molecule has 2 rings (SSSR count). The Morgan fingerprint density at radius 2 is 1.95 bits per heavy atom. The molecule has 1 aliphatic carbocycles. The van der Waals surface area contributed by atoms with E-state index in [2.05, 4.69) is 29.8 Å². The molecule has 1 aromatic rings. The first-order valence-corrected chi connectivity index (χ1v) is 7.34. The van der Waals surface area contributed by atoms with E-state index in [1.54, 1.807) is 12.1 Å². The molecule has 1 saturated carbocycles. The van der Waals surface area contributed by atoms with Crippen molar-refractivity contribution in [1.29, 1.82) is 0 Å². The number of anilines is 1. The minimum absolute atomic E-state index is 0.00437. The maximum Gasteiger partial charge on any atom is 0.319 e. The molecule has 0 aromatic heterocycles. The molecule has 1 fully saturated rings. The molecule has 0 spiro atoms. The van der Waals surface area contributed by atoms with Crippen LogP contribution < -0.4 is 16.0 Å². The lowest BCUT2D eigenvalue weighted by molar-refractivity contribution is -0.120. The Balaban J connectivity index is 1.68. The Morgan fingerprint density at radius 1 is 1.24 bits per heavy atom. The average Bonchev–Trinajstić information content (AvgIpc) is 2.77. The number of rotatable bonds is 4. The lowest BCUT2D eigenvalue weighted by Gasteiger charge is -2.18. The molecule has 3 amide bonds. The van der Waals surface area contributed by atoms with Crippen LogP contribution in [0.2, 0.25) is 0 Å². The summed E-state index contributed by atoms with van der Waals surface area (Å²) >= 11 is 0. The third-order valence-corrected chi connectivity index (χ3v) is 3.77. The van der Waals surface area contributed by atoms with Crippen molar-refractivity contribution in [3.8, 4) is 0 Å². The molecule has 1 atom stereocenters. The van der Waals surface area contributed by atoms with Crippen molar-refractivity contribution in [3.05, 3.63) is 30.3 Å². The minimum atomic E-state index is -0.372. The van der Waals surface area contributed by atoms with E-state index in [0.717, 1.165) is 19.3 Å². The highest BCUT2D eigenvalue weighted by Crippen LogP contribution is 2.36. The standard InChI is InChI=1S/C16H23N3O2/c1-16(2)9-8-13(10-16)18-14(20)11-17-15(21)19-12-6-4-3-5-7-12/h3-7,13H,8-11H2,1-2H3,(H,18,20)(H2,17,19,21). The number of benzene rings is 1. The summed E-state index contributed by atoms with van der Waals surface area (Å²) in [6.45, 7) is 4.42. The molecule has 1 aliphatic rings. The third kappa shape index (κ3) is 5.10. The van der Waals surface area contributed by atoms with Gasteiger partial charge in [-0.1, -0.05) is 32.0 Å². The summed E-state index contributed by atoms with van der Waals surface area (Å²) < 4.78 is 0. The van der Waals surface area contributed by atoms with Crippen molar-refractivity contribution in [2.24, 2.45) is 5.41 Å². The zero-order chi connectivity index (χ0) is 15.3. The van der Waals surface area contributed by atoms with Crippen LogP contribution in [0.5, 0.6) is 0 Å². The normalized spacial score (nSPS) is 19.8. The number of para-hydroxylation sites is 1. The SMILES string of the molecule is CC1(C)CCC(NC(=O)CNC(=O)Nc2ccccc2)C1. The fourth-order valence-corrected chi connectivity index (χ4v) is 2.70. The van der Waals surface area contributed by atoms with Crippen LogP contribution in [0.25, 0.3) is 0 Å². The van der Waals surface area contributed by atoms with Crippen LogP contribution in [0.1, 0.15) is 33.1 Å². The Hall–Kier alpha value is -2.04. The van der Waals surface area contributed by atoms with E-state index in [9.17, 15) is 9.59 Å². The molecule has 0 saturated heterocycles. The van der Waals surface area contributed by atoms with Crippen molar-refractivity contribution < 1.29 is 9.59 Å². The number of carbonyl (C=O) groups is 2. The predicted octanol–water partition coefficient (Wildman–Crippen LogP) is 2.50. The van der Waals surface area contributed by atoms with E-state index in [1.807, 2.05) is 18.2 Å². The third-order valence-electron chi connectivity index (χ3n) is 3.77. The van der Waals surface area contributed by atoms with Crippen LogP contribution in [0.4, 0.5) is 10.5 Å². The lowest BCUT2D eigenvalue weighted by Crippen LogP contribution is -2.42. The molecular weight excluding hydrogens is 266 g/mol. The molecule has 0 bridgehead atoms. The second-order valence-electron chi connectivity index (χ2n) is 6.35. The van der Waals surface area contributed by atoms with Crippen LogP contribution in [0.15, 0.2) is 30.3 Å². The molecule has 1 aromatic carbocycles. The molecule has 21 heavy (non-hydrogen) atoms. The van der Waals surface area contributed by atoms with Crippen LogP contribution in [0.3, 0.4) is 0 Å². The Bertz CT molecular complexity index is 500. The molecule has 0 heterocycles. The first-order chi connectivity index (χ1) is 9.94. The van der Waals surface area contributed by atoms with Gasteiger partial charge in [-0.3, -0.25) is 4.79 Å². The van der Waals surface area contributed by atoms with Crippen molar-refractivity contribution in [2.45, 2.75) is 39.2 Å². The Labute approximate surface area is 125 Å². The molecule has 0 aliphatic heterocycles. The maximum atomic E-state index is 11.8. The summed E-state index contributed by atoms with van der Waals surface area (Å²) in [5.74, 6) is -0.138. The van der Waals surface area contributed by atoms with Crippen LogP contribution in [-0.2, 0) is 4.79 Å². The topological polar surface area (TPSA) is 70.2 Å². The molecular formula is C16H23N3O2. The minimum Gasteiger partial charge on any atom is -0.352 e. The van der Waals surface area contributed by atoms with Crippen molar-refractivity contribution in [2.75, 3.05) is 11.9 Å². The average molecular weight is 289 g/mol. The number of urea groups is 1. The van der Waals surface area contributed by atoms with Gasteiger partial charge in [0, 0.05) is 11.7 Å².